The minimum atomic E-state index is -0.00402. The molecule has 8 nitrogen and oxygen atoms in total. The van der Waals surface area contributed by atoms with Crippen LogP contribution in [0.1, 0.15) is 34.3 Å². The number of nitrogens with zero attached hydrogens (tertiary/aromatic N) is 7. The van der Waals surface area contributed by atoms with E-state index in [-0.39, 0.29) is 11.9 Å². The molecule has 0 bridgehead atoms. The van der Waals surface area contributed by atoms with Crippen LogP contribution >= 0.6 is 0 Å². The van der Waals surface area contributed by atoms with Crippen molar-refractivity contribution in [3.63, 3.8) is 0 Å². The van der Waals surface area contributed by atoms with Gasteiger partial charge in [0.2, 0.25) is 0 Å². The van der Waals surface area contributed by atoms with Crippen molar-refractivity contribution in [1.82, 2.24) is 34.3 Å². The molecule has 8 heteroatoms. The summed E-state index contributed by atoms with van der Waals surface area (Å²) >= 11 is 0. The molecule has 1 amide bonds. The molecular weight excluding hydrogens is 306 g/mol. The van der Waals surface area contributed by atoms with Crippen LogP contribution < -0.4 is 0 Å². The number of carbonyl (C=O) groups is 1. The smallest absolute Gasteiger partial charge is 0.275 e. The molecule has 1 unspecified atom stereocenters. The van der Waals surface area contributed by atoms with Gasteiger partial charge in [0.25, 0.3) is 5.91 Å². The van der Waals surface area contributed by atoms with E-state index in [2.05, 4.69) is 24.8 Å². The fraction of sp³-hybridized carbons (Fsp3) is 0.625. The fourth-order valence-corrected chi connectivity index (χ4v) is 3.70. The number of hydrogen-bond donors (Lipinski definition) is 0. The first-order chi connectivity index (χ1) is 11.5. The third kappa shape index (κ3) is 2.50. The van der Waals surface area contributed by atoms with Crippen LogP contribution in [0.3, 0.4) is 0 Å². The molecule has 0 aromatic carbocycles. The second kappa shape index (κ2) is 5.70. The predicted octanol–water partition coefficient (Wildman–Crippen LogP) is 0.315. The van der Waals surface area contributed by atoms with Crippen LogP contribution in [0.15, 0.2) is 6.07 Å². The highest BCUT2D eigenvalue weighted by molar-refractivity contribution is 5.92. The number of aromatic nitrogens is 5. The van der Waals surface area contributed by atoms with Crippen molar-refractivity contribution in [3.05, 3.63) is 29.1 Å². The summed E-state index contributed by atoms with van der Waals surface area (Å²) in [6.07, 6.45) is 2.13. The molecule has 0 spiro atoms. The number of hydrogen-bond acceptors (Lipinski definition) is 5. The molecule has 2 aromatic heterocycles. The third-order valence-corrected chi connectivity index (χ3v) is 4.88. The van der Waals surface area contributed by atoms with Gasteiger partial charge in [-0.2, -0.15) is 5.10 Å². The van der Waals surface area contributed by atoms with Gasteiger partial charge < -0.3 is 14.4 Å². The minimum absolute atomic E-state index is 0.00402. The molecule has 0 saturated carbocycles. The second-order valence-corrected chi connectivity index (χ2v) is 6.97. The third-order valence-electron chi connectivity index (χ3n) is 4.88. The van der Waals surface area contributed by atoms with Crippen LogP contribution in [0.25, 0.3) is 0 Å². The van der Waals surface area contributed by atoms with Gasteiger partial charge in [-0.3, -0.25) is 9.48 Å². The Balaban J connectivity index is 1.64. The van der Waals surface area contributed by atoms with E-state index in [0.717, 1.165) is 44.1 Å². The fourth-order valence-electron chi connectivity index (χ4n) is 3.70. The lowest BCUT2D eigenvalue weighted by atomic mass is 10.1. The maximum Gasteiger partial charge on any atom is 0.275 e. The van der Waals surface area contributed by atoms with Crippen LogP contribution in [0, 0.1) is 6.92 Å². The molecule has 2 aliphatic heterocycles. The van der Waals surface area contributed by atoms with Crippen LogP contribution in [-0.2, 0) is 26.1 Å². The van der Waals surface area contributed by atoms with Crippen molar-refractivity contribution in [1.29, 1.82) is 0 Å². The Morgan fingerprint density at radius 1 is 1.38 bits per heavy atom. The van der Waals surface area contributed by atoms with Crippen molar-refractivity contribution in [2.75, 3.05) is 20.6 Å². The summed E-state index contributed by atoms with van der Waals surface area (Å²) < 4.78 is 4.08. The lowest BCUT2D eigenvalue weighted by molar-refractivity contribution is 0.0536. The van der Waals surface area contributed by atoms with Crippen LogP contribution in [0.5, 0.6) is 0 Å². The van der Waals surface area contributed by atoms with Crippen molar-refractivity contribution >= 4 is 5.91 Å². The molecule has 0 aliphatic carbocycles. The van der Waals surface area contributed by atoms with Crippen LogP contribution in [0.2, 0.25) is 0 Å². The molecule has 0 radical (unpaired) electrons. The standard InChI is InChI=1S/C16H23N7O/c1-11-17-18-15-10-22(13(8-20(2)3)9-21(11)15)16(24)14-7-12-5-4-6-23(12)19-14/h7,13H,4-6,8-10H2,1-3H3. The number of amides is 1. The van der Waals surface area contributed by atoms with Crippen LogP contribution in [0.4, 0.5) is 0 Å². The van der Waals surface area contributed by atoms with E-state index in [1.807, 2.05) is 36.7 Å². The Labute approximate surface area is 141 Å². The van der Waals surface area contributed by atoms with Crippen LogP contribution in [-0.4, -0.2) is 66.9 Å². The predicted molar refractivity (Wildman–Crippen MR) is 87.5 cm³/mol. The summed E-state index contributed by atoms with van der Waals surface area (Å²) in [4.78, 5) is 17.1. The highest BCUT2D eigenvalue weighted by atomic mass is 16.2. The van der Waals surface area contributed by atoms with Crippen molar-refractivity contribution < 1.29 is 4.79 Å². The van der Waals surface area contributed by atoms with Gasteiger partial charge >= 0.3 is 0 Å². The van der Waals surface area contributed by atoms with Gasteiger partial charge in [-0.05, 0) is 39.9 Å². The van der Waals surface area contributed by atoms with Crippen molar-refractivity contribution in [2.24, 2.45) is 0 Å². The van der Waals surface area contributed by atoms with E-state index < -0.39 is 0 Å². The molecule has 0 saturated heterocycles. The quantitative estimate of drug-likeness (QED) is 0.811. The number of aryl methyl sites for hydroxylation is 3. The van der Waals surface area contributed by atoms with Gasteiger partial charge in [-0.25, -0.2) is 0 Å². The molecule has 2 aliphatic rings. The van der Waals surface area contributed by atoms with Gasteiger partial charge in [0, 0.05) is 25.3 Å². The molecular formula is C16H23N7O. The summed E-state index contributed by atoms with van der Waals surface area (Å²) in [5.41, 5.74) is 1.72. The number of likely N-dealkylation sites (N-methyl/N-ethyl adjacent to an activating group) is 1. The molecule has 4 heterocycles. The zero-order valence-electron chi connectivity index (χ0n) is 14.4. The first-order valence-electron chi connectivity index (χ1n) is 8.44. The molecule has 4 rings (SSSR count). The summed E-state index contributed by atoms with van der Waals surface area (Å²) in [7, 11) is 4.06. The molecule has 2 aromatic rings. The number of carbonyl (C=O) groups excluding carboxylic acids is 1. The first-order valence-corrected chi connectivity index (χ1v) is 8.44. The molecule has 0 fully saturated rings. The van der Waals surface area contributed by atoms with E-state index in [9.17, 15) is 4.79 Å². The maximum atomic E-state index is 13.1. The molecule has 1 atom stereocenters. The average molecular weight is 329 g/mol. The average Bonchev–Trinajstić information content (AvgIpc) is 3.21. The van der Waals surface area contributed by atoms with Gasteiger partial charge in [-0.15, -0.1) is 10.2 Å². The van der Waals surface area contributed by atoms with E-state index in [1.165, 1.54) is 5.69 Å². The summed E-state index contributed by atoms with van der Waals surface area (Å²) in [5.74, 6) is 1.75. The molecule has 0 N–H and O–H groups in total. The number of rotatable bonds is 3. The van der Waals surface area contributed by atoms with Gasteiger partial charge in [0.1, 0.15) is 5.82 Å². The van der Waals surface area contributed by atoms with E-state index in [1.54, 1.807) is 0 Å². The van der Waals surface area contributed by atoms with E-state index >= 15 is 0 Å². The largest absolute Gasteiger partial charge is 0.324 e. The second-order valence-electron chi connectivity index (χ2n) is 6.97. The molecule has 24 heavy (non-hydrogen) atoms. The maximum absolute atomic E-state index is 13.1. The van der Waals surface area contributed by atoms with Gasteiger partial charge in [0.05, 0.1) is 12.6 Å². The topological polar surface area (TPSA) is 72.1 Å². The summed E-state index contributed by atoms with van der Waals surface area (Å²) in [6.45, 7) is 4.89. The van der Waals surface area contributed by atoms with E-state index in [4.69, 9.17) is 0 Å². The zero-order valence-corrected chi connectivity index (χ0v) is 14.4. The SMILES string of the molecule is Cc1nnc2n1CC(CN(C)C)N(C(=O)c1cc3n(n1)CCC3)C2. The lowest BCUT2D eigenvalue weighted by Gasteiger charge is -2.37. The Bertz CT molecular complexity index is 754. The summed E-state index contributed by atoms with van der Waals surface area (Å²) in [5, 5.41) is 12.9. The first kappa shape index (κ1) is 15.3. The van der Waals surface area contributed by atoms with Gasteiger partial charge in [0.15, 0.2) is 11.5 Å². The highest BCUT2D eigenvalue weighted by Gasteiger charge is 2.34. The zero-order chi connectivity index (χ0) is 16.8. The van der Waals surface area contributed by atoms with Gasteiger partial charge in [-0.1, -0.05) is 0 Å². The van der Waals surface area contributed by atoms with Crippen molar-refractivity contribution in [2.45, 2.75) is 45.4 Å². The Morgan fingerprint density at radius 3 is 2.96 bits per heavy atom. The Hall–Kier alpha value is -2.22. The van der Waals surface area contributed by atoms with E-state index in [0.29, 0.717) is 12.2 Å². The minimum Gasteiger partial charge on any atom is -0.324 e. The molecule has 128 valence electrons. The Kier molecular flexibility index (Phi) is 3.64. The normalized spacial score (nSPS) is 19.7. The monoisotopic (exact) mass is 329 g/mol. The summed E-state index contributed by atoms with van der Waals surface area (Å²) in [6, 6.07) is 2.04. The Morgan fingerprint density at radius 2 is 2.21 bits per heavy atom. The number of fused-ring (bicyclic) bond motifs is 2. The lowest BCUT2D eigenvalue weighted by Crippen LogP contribution is -2.51. The van der Waals surface area contributed by atoms with Crippen molar-refractivity contribution in [3.8, 4) is 0 Å². The highest BCUT2D eigenvalue weighted by Crippen LogP contribution is 2.22.